The van der Waals surface area contributed by atoms with Gasteiger partial charge in [0.2, 0.25) is 0 Å². The Morgan fingerprint density at radius 3 is 2.17 bits per heavy atom. The van der Waals surface area contributed by atoms with E-state index < -0.39 is 9.84 Å². The molecule has 0 saturated carbocycles. The molecule has 0 aliphatic heterocycles. The molecule has 0 saturated heterocycles. The average Bonchev–Trinajstić information content (AvgIpc) is 2.84. The van der Waals surface area contributed by atoms with Gasteiger partial charge in [0.1, 0.15) is 25.4 Å². The summed E-state index contributed by atoms with van der Waals surface area (Å²) in [6, 6.07) is 8.60. The third kappa shape index (κ3) is 6.50. The molecule has 35 heavy (non-hydrogen) atoms. The summed E-state index contributed by atoms with van der Waals surface area (Å²) >= 11 is 0. The van der Waals surface area contributed by atoms with Gasteiger partial charge in [-0.15, -0.1) is 0 Å². The van der Waals surface area contributed by atoms with Crippen LogP contribution in [0.1, 0.15) is 6.92 Å². The molecule has 0 radical (unpaired) electrons. The fourth-order valence-corrected chi connectivity index (χ4v) is 4.26. The van der Waals surface area contributed by atoms with Crippen LogP contribution in [0.2, 0.25) is 0 Å². The predicted molar refractivity (Wildman–Crippen MR) is 136 cm³/mol. The van der Waals surface area contributed by atoms with E-state index in [4.69, 9.17) is 18.9 Å². The molecular formula is C24H32N4O6S. The highest BCUT2D eigenvalue weighted by molar-refractivity contribution is 7.91. The SMILES string of the molecule is CCS(=O)(=O)c1ccc(N(C)C)c(Nc2ncnc3cc(OCCOC)c(OCCOC)cc23)c1. The van der Waals surface area contributed by atoms with Crippen LogP contribution in [0.5, 0.6) is 11.5 Å². The van der Waals surface area contributed by atoms with Crippen molar-refractivity contribution in [1.29, 1.82) is 0 Å². The van der Waals surface area contributed by atoms with Gasteiger partial charge < -0.3 is 29.2 Å². The van der Waals surface area contributed by atoms with Gasteiger partial charge in [-0.1, -0.05) is 6.92 Å². The van der Waals surface area contributed by atoms with Gasteiger partial charge in [0.05, 0.1) is 40.8 Å². The predicted octanol–water partition coefficient (Wildman–Crippen LogP) is 3.28. The fraction of sp³-hybridized carbons (Fsp3) is 0.417. The largest absolute Gasteiger partial charge is 0.487 e. The van der Waals surface area contributed by atoms with Crippen molar-refractivity contribution in [2.75, 3.05) is 70.7 Å². The van der Waals surface area contributed by atoms with Crippen LogP contribution in [-0.4, -0.2) is 78.9 Å². The number of hydrogen-bond donors (Lipinski definition) is 1. The second-order valence-corrected chi connectivity index (χ2v) is 10.1. The minimum Gasteiger partial charge on any atom is -0.487 e. The lowest BCUT2D eigenvalue weighted by Gasteiger charge is -2.20. The summed E-state index contributed by atoms with van der Waals surface area (Å²) in [4.78, 5) is 11.0. The summed E-state index contributed by atoms with van der Waals surface area (Å²) in [5, 5.41) is 3.99. The molecule has 190 valence electrons. The highest BCUT2D eigenvalue weighted by atomic mass is 32.2. The molecule has 2 aromatic carbocycles. The minimum atomic E-state index is -3.38. The zero-order valence-corrected chi connectivity index (χ0v) is 21.5. The minimum absolute atomic E-state index is 0.0121. The Balaban J connectivity index is 2.07. The van der Waals surface area contributed by atoms with Crippen LogP contribution >= 0.6 is 0 Å². The standard InChI is InChI=1S/C24H32N4O6S/c1-6-35(29,30)17-7-8-21(28(2)3)20(13-17)27-24-18-14-22(33-11-9-31-4)23(34-12-10-32-5)15-19(18)25-16-26-24/h7-8,13-16H,6,9-12H2,1-5H3,(H,25,26,27). The number of ether oxygens (including phenoxy) is 4. The zero-order chi connectivity index (χ0) is 25.4. The first-order valence-corrected chi connectivity index (χ1v) is 12.8. The zero-order valence-electron chi connectivity index (χ0n) is 20.7. The van der Waals surface area contributed by atoms with Crippen molar-refractivity contribution in [3.63, 3.8) is 0 Å². The number of fused-ring (bicyclic) bond motifs is 1. The molecule has 0 fully saturated rings. The van der Waals surface area contributed by atoms with E-state index in [2.05, 4.69) is 15.3 Å². The molecule has 1 N–H and O–H groups in total. The smallest absolute Gasteiger partial charge is 0.178 e. The molecule has 1 heterocycles. The number of methoxy groups -OCH3 is 2. The number of benzene rings is 2. The highest BCUT2D eigenvalue weighted by Crippen LogP contribution is 2.37. The van der Waals surface area contributed by atoms with Gasteiger partial charge in [0.15, 0.2) is 21.3 Å². The second kappa shape index (κ2) is 12.0. The normalized spacial score (nSPS) is 11.5. The van der Waals surface area contributed by atoms with Crippen molar-refractivity contribution >= 4 is 37.9 Å². The molecular weight excluding hydrogens is 472 g/mol. The molecule has 0 aliphatic rings. The molecule has 3 rings (SSSR count). The lowest BCUT2D eigenvalue weighted by atomic mass is 10.2. The van der Waals surface area contributed by atoms with Crippen molar-refractivity contribution in [3.8, 4) is 11.5 Å². The Hall–Kier alpha value is -3.15. The third-order valence-electron chi connectivity index (χ3n) is 5.23. The highest BCUT2D eigenvalue weighted by Gasteiger charge is 2.17. The summed E-state index contributed by atoms with van der Waals surface area (Å²) < 4.78 is 46.9. The first-order chi connectivity index (χ1) is 16.8. The molecule has 0 amide bonds. The molecule has 0 aliphatic carbocycles. The molecule has 10 nitrogen and oxygen atoms in total. The van der Waals surface area contributed by atoms with Crippen molar-refractivity contribution < 1.29 is 27.4 Å². The number of aromatic nitrogens is 2. The third-order valence-corrected chi connectivity index (χ3v) is 6.97. The summed E-state index contributed by atoms with van der Waals surface area (Å²) in [5.41, 5.74) is 2.05. The Morgan fingerprint density at radius 1 is 0.914 bits per heavy atom. The molecule has 11 heteroatoms. The average molecular weight is 505 g/mol. The lowest BCUT2D eigenvalue weighted by Crippen LogP contribution is -2.13. The monoisotopic (exact) mass is 504 g/mol. The van der Waals surface area contributed by atoms with Gasteiger partial charge >= 0.3 is 0 Å². The van der Waals surface area contributed by atoms with Crippen molar-refractivity contribution in [2.45, 2.75) is 11.8 Å². The fourth-order valence-electron chi connectivity index (χ4n) is 3.35. The van der Waals surface area contributed by atoms with Crippen molar-refractivity contribution in [3.05, 3.63) is 36.7 Å². The van der Waals surface area contributed by atoms with Gasteiger partial charge in [0, 0.05) is 39.8 Å². The molecule has 0 bridgehead atoms. The molecule has 0 spiro atoms. The first-order valence-electron chi connectivity index (χ1n) is 11.1. The van der Waals surface area contributed by atoms with Gasteiger partial charge in [-0.2, -0.15) is 0 Å². The van der Waals surface area contributed by atoms with Gasteiger partial charge in [-0.05, 0) is 24.3 Å². The summed E-state index contributed by atoms with van der Waals surface area (Å²) in [6.45, 7) is 3.15. The first kappa shape index (κ1) is 26.5. The molecule has 3 aromatic rings. The van der Waals surface area contributed by atoms with Gasteiger partial charge in [-0.25, -0.2) is 18.4 Å². The van der Waals surface area contributed by atoms with E-state index >= 15 is 0 Å². The number of nitrogens with zero attached hydrogens (tertiary/aromatic N) is 3. The van der Waals surface area contributed by atoms with E-state index in [-0.39, 0.29) is 10.6 Å². The summed E-state index contributed by atoms with van der Waals surface area (Å²) in [7, 11) is 3.60. The number of anilines is 3. The Labute approximate surface area is 206 Å². The molecule has 0 atom stereocenters. The van der Waals surface area contributed by atoms with Crippen LogP contribution in [0.4, 0.5) is 17.2 Å². The van der Waals surface area contributed by atoms with Gasteiger partial charge in [-0.3, -0.25) is 0 Å². The summed E-state index contributed by atoms with van der Waals surface area (Å²) in [5.74, 6) is 1.56. The van der Waals surface area contributed by atoms with E-state index in [0.29, 0.717) is 60.3 Å². The number of rotatable bonds is 13. The lowest BCUT2D eigenvalue weighted by molar-refractivity contribution is 0.132. The Kier molecular flexibility index (Phi) is 9.07. The van der Waals surface area contributed by atoms with Crippen LogP contribution in [0.3, 0.4) is 0 Å². The Morgan fingerprint density at radius 2 is 1.57 bits per heavy atom. The van der Waals surface area contributed by atoms with E-state index in [1.165, 1.54) is 6.33 Å². The van der Waals surface area contributed by atoms with Crippen molar-refractivity contribution in [1.82, 2.24) is 9.97 Å². The topological polar surface area (TPSA) is 112 Å². The van der Waals surface area contributed by atoms with Crippen LogP contribution < -0.4 is 19.7 Å². The van der Waals surface area contributed by atoms with Crippen LogP contribution in [0.25, 0.3) is 10.9 Å². The summed E-state index contributed by atoms with van der Waals surface area (Å²) in [6.07, 6.45) is 1.44. The van der Waals surface area contributed by atoms with Gasteiger partial charge in [0.25, 0.3) is 0 Å². The maximum Gasteiger partial charge on any atom is 0.178 e. The van der Waals surface area contributed by atoms with E-state index in [1.54, 1.807) is 51.5 Å². The second-order valence-electron chi connectivity index (χ2n) is 7.82. The van der Waals surface area contributed by atoms with Crippen molar-refractivity contribution in [2.24, 2.45) is 0 Å². The Bertz CT molecular complexity index is 1250. The maximum absolute atomic E-state index is 12.5. The van der Waals surface area contributed by atoms with E-state index in [1.807, 2.05) is 19.0 Å². The van der Waals surface area contributed by atoms with E-state index in [9.17, 15) is 8.42 Å². The quantitative estimate of drug-likeness (QED) is 0.348. The number of hydrogen-bond acceptors (Lipinski definition) is 10. The number of nitrogens with one attached hydrogen (secondary N) is 1. The van der Waals surface area contributed by atoms with Crippen LogP contribution in [0.15, 0.2) is 41.6 Å². The van der Waals surface area contributed by atoms with E-state index in [0.717, 1.165) is 5.69 Å². The maximum atomic E-state index is 12.5. The van der Waals surface area contributed by atoms with Crippen LogP contribution in [-0.2, 0) is 19.3 Å². The number of sulfone groups is 1. The molecule has 1 aromatic heterocycles. The molecule has 0 unspecified atom stereocenters. The van der Waals surface area contributed by atoms with Crippen LogP contribution in [0, 0.1) is 0 Å².